The van der Waals surface area contributed by atoms with Crippen molar-refractivity contribution in [2.75, 3.05) is 7.11 Å². The lowest BCUT2D eigenvalue weighted by atomic mass is 9.84. The van der Waals surface area contributed by atoms with E-state index in [0.29, 0.717) is 17.4 Å². The van der Waals surface area contributed by atoms with Gasteiger partial charge in [-0.2, -0.15) is 5.10 Å². The van der Waals surface area contributed by atoms with Gasteiger partial charge in [0, 0.05) is 5.92 Å². The van der Waals surface area contributed by atoms with Gasteiger partial charge in [-0.05, 0) is 49.3 Å². The van der Waals surface area contributed by atoms with Crippen LogP contribution in [0.4, 0.5) is 0 Å². The number of nitrogens with zero attached hydrogens (tertiary/aromatic N) is 2. The van der Waals surface area contributed by atoms with Crippen molar-refractivity contribution >= 4 is 5.97 Å². The average Bonchev–Trinajstić information content (AvgIpc) is 3.40. The van der Waals surface area contributed by atoms with Crippen molar-refractivity contribution in [2.24, 2.45) is 0 Å². The molecule has 2 fully saturated rings. The van der Waals surface area contributed by atoms with Crippen molar-refractivity contribution in [1.82, 2.24) is 9.78 Å². The molecule has 0 aliphatic heterocycles. The molecule has 1 heterocycles. The van der Waals surface area contributed by atoms with E-state index in [0.717, 1.165) is 24.2 Å². The molecule has 4 rings (SSSR count). The summed E-state index contributed by atoms with van der Waals surface area (Å²) in [5.41, 5.74) is 4.10. The van der Waals surface area contributed by atoms with Gasteiger partial charge in [-0.3, -0.25) is 0 Å². The molecule has 0 radical (unpaired) electrons. The molecule has 0 amide bonds. The summed E-state index contributed by atoms with van der Waals surface area (Å²) in [7, 11) is 1.43. The third-order valence-corrected chi connectivity index (χ3v) is 5.37. The van der Waals surface area contributed by atoms with E-state index in [9.17, 15) is 4.79 Å². The number of methoxy groups -OCH3 is 1. The summed E-state index contributed by atoms with van der Waals surface area (Å²) in [4.78, 5) is 12.0. The van der Waals surface area contributed by atoms with Gasteiger partial charge in [0.2, 0.25) is 0 Å². The Balaban J connectivity index is 1.71. The number of carbonyl (C=O) groups excluding carboxylic acids is 1. The zero-order chi connectivity index (χ0) is 16.5. The first-order chi connectivity index (χ1) is 11.8. The number of aromatic nitrogens is 2. The minimum atomic E-state index is -0.286. The lowest BCUT2D eigenvalue weighted by molar-refractivity contribution is 0.0599. The Hall–Kier alpha value is -2.10. The zero-order valence-electron chi connectivity index (χ0n) is 14.2. The number of carbonyl (C=O) groups is 1. The Bertz CT molecular complexity index is 740. The molecule has 2 aliphatic rings. The monoisotopic (exact) mass is 324 g/mol. The standard InChI is InChI=1S/C20H24N2O2/c1-24-20(23)18-13-21-22(19(18)15-10-11-15)17-9-5-8-16(12-17)14-6-3-2-4-7-14/h5,8-9,12-15H,2-4,6-7,10-11H2,1H3. The van der Waals surface area contributed by atoms with Crippen molar-refractivity contribution in [3.05, 3.63) is 47.3 Å². The predicted octanol–water partition coefficient (Wildman–Crippen LogP) is 4.58. The molecule has 4 heteroatoms. The highest BCUT2D eigenvalue weighted by atomic mass is 16.5. The molecule has 126 valence electrons. The number of esters is 1. The molecule has 0 unspecified atom stereocenters. The molecule has 1 aromatic heterocycles. The molecule has 4 nitrogen and oxygen atoms in total. The fourth-order valence-electron chi connectivity index (χ4n) is 3.93. The van der Waals surface area contributed by atoms with E-state index in [1.54, 1.807) is 6.20 Å². The van der Waals surface area contributed by atoms with E-state index < -0.39 is 0 Å². The topological polar surface area (TPSA) is 44.1 Å². The van der Waals surface area contributed by atoms with Gasteiger partial charge >= 0.3 is 5.97 Å². The van der Waals surface area contributed by atoms with Crippen molar-refractivity contribution in [3.8, 4) is 5.69 Å². The highest BCUT2D eigenvalue weighted by Crippen LogP contribution is 2.43. The smallest absolute Gasteiger partial charge is 0.341 e. The second-order valence-corrected chi connectivity index (χ2v) is 7.05. The lowest BCUT2D eigenvalue weighted by Crippen LogP contribution is -2.09. The van der Waals surface area contributed by atoms with Crippen molar-refractivity contribution < 1.29 is 9.53 Å². The fraction of sp³-hybridized carbons (Fsp3) is 0.500. The van der Waals surface area contributed by atoms with Crippen LogP contribution in [0.5, 0.6) is 0 Å². The third-order valence-electron chi connectivity index (χ3n) is 5.37. The van der Waals surface area contributed by atoms with Gasteiger partial charge in [0.15, 0.2) is 0 Å². The second kappa shape index (κ2) is 6.42. The number of benzene rings is 1. The van der Waals surface area contributed by atoms with E-state index in [2.05, 4.69) is 29.4 Å². The van der Waals surface area contributed by atoms with Crippen LogP contribution >= 0.6 is 0 Å². The summed E-state index contributed by atoms with van der Waals surface area (Å²) in [6.07, 6.45) is 10.5. The van der Waals surface area contributed by atoms with Crippen LogP contribution in [-0.2, 0) is 4.74 Å². The number of hydrogen-bond acceptors (Lipinski definition) is 3. The van der Waals surface area contributed by atoms with E-state index in [1.165, 1.54) is 44.8 Å². The average molecular weight is 324 g/mol. The molecule has 0 saturated heterocycles. The number of hydrogen-bond donors (Lipinski definition) is 0. The maximum absolute atomic E-state index is 12.0. The van der Waals surface area contributed by atoms with Crippen LogP contribution in [-0.4, -0.2) is 22.9 Å². The third kappa shape index (κ3) is 2.85. The lowest BCUT2D eigenvalue weighted by Gasteiger charge is -2.22. The molecule has 0 bridgehead atoms. The Morgan fingerprint density at radius 2 is 1.92 bits per heavy atom. The van der Waals surface area contributed by atoms with Crippen LogP contribution in [0, 0.1) is 0 Å². The van der Waals surface area contributed by atoms with Gasteiger partial charge in [-0.1, -0.05) is 31.4 Å². The van der Waals surface area contributed by atoms with Gasteiger partial charge in [0.05, 0.1) is 24.7 Å². The summed E-state index contributed by atoms with van der Waals surface area (Å²) >= 11 is 0. The summed E-state index contributed by atoms with van der Waals surface area (Å²) in [6.45, 7) is 0. The van der Waals surface area contributed by atoms with Gasteiger partial charge in [-0.25, -0.2) is 9.48 Å². The molecular weight excluding hydrogens is 300 g/mol. The van der Waals surface area contributed by atoms with Crippen LogP contribution < -0.4 is 0 Å². The Labute approximate surface area is 142 Å². The van der Waals surface area contributed by atoms with Crippen molar-refractivity contribution in [3.63, 3.8) is 0 Å². The van der Waals surface area contributed by atoms with E-state index in [-0.39, 0.29) is 5.97 Å². The largest absolute Gasteiger partial charge is 0.465 e. The quantitative estimate of drug-likeness (QED) is 0.773. The van der Waals surface area contributed by atoms with Gasteiger partial charge in [0.1, 0.15) is 5.56 Å². The number of rotatable bonds is 4. The molecule has 2 saturated carbocycles. The molecule has 1 aromatic carbocycles. The van der Waals surface area contributed by atoms with E-state index in [4.69, 9.17) is 4.74 Å². The SMILES string of the molecule is COC(=O)c1cnn(-c2cccc(C3CCCCC3)c2)c1C1CC1. The van der Waals surface area contributed by atoms with Crippen LogP contribution in [0.1, 0.15) is 78.4 Å². The molecule has 24 heavy (non-hydrogen) atoms. The maximum Gasteiger partial charge on any atom is 0.341 e. The van der Waals surface area contributed by atoms with Gasteiger partial charge in [0.25, 0.3) is 0 Å². The van der Waals surface area contributed by atoms with Gasteiger partial charge in [-0.15, -0.1) is 0 Å². The van der Waals surface area contributed by atoms with Crippen LogP contribution in [0.15, 0.2) is 30.5 Å². The highest BCUT2D eigenvalue weighted by molar-refractivity contribution is 5.90. The van der Waals surface area contributed by atoms with E-state index in [1.807, 2.05) is 4.68 Å². The van der Waals surface area contributed by atoms with Crippen LogP contribution in [0.3, 0.4) is 0 Å². The highest BCUT2D eigenvalue weighted by Gasteiger charge is 2.33. The Morgan fingerprint density at radius 1 is 1.12 bits per heavy atom. The minimum Gasteiger partial charge on any atom is -0.465 e. The van der Waals surface area contributed by atoms with E-state index >= 15 is 0 Å². The zero-order valence-corrected chi connectivity index (χ0v) is 14.2. The van der Waals surface area contributed by atoms with Crippen molar-refractivity contribution in [2.45, 2.75) is 56.8 Å². The fourth-order valence-corrected chi connectivity index (χ4v) is 3.93. The summed E-state index contributed by atoms with van der Waals surface area (Å²) < 4.78 is 6.89. The first-order valence-corrected chi connectivity index (χ1v) is 9.04. The first kappa shape index (κ1) is 15.4. The Kier molecular flexibility index (Phi) is 4.13. The van der Waals surface area contributed by atoms with Crippen LogP contribution in [0.25, 0.3) is 5.69 Å². The normalized spacial score (nSPS) is 18.5. The summed E-state index contributed by atoms with van der Waals surface area (Å²) in [5.74, 6) is 0.810. The summed E-state index contributed by atoms with van der Waals surface area (Å²) in [5, 5.41) is 4.52. The second-order valence-electron chi connectivity index (χ2n) is 7.05. The van der Waals surface area contributed by atoms with Gasteiger partial charge < -0.3 is 4.74 Å². The molecule has 0 spiro atoms. The molecule has 0 N–H and O–H groups in total. The van der Waals surface area contributed by atoms with Crippen molar-refractivity contribution in [1.29, 1.82) is 0 Å². The predicted molar refractivity (Wildman–Crippen MR) is 92.7 cm³/mol. The molecule has 2 aromatic rings. The minimum absolute atomic E-state index is 0.286. The molecular formula is C20H24N2O2. The van der Waals surface area contributed by atoms with Crippen LogP contribution in [0.2, 0.25) is 0 Å². The number of ether oxygens (including phenoxy) is 1. The molecule has 2 aliphatic carbocycles. The molecule has 0 atom stereocenters. The maximum atomic E-state index is 12.0. The Morgan fingerprint density at radius 3 is 2.62 bits per heavy atom. The first-order valence-electron chi connectivity index (χ1n) is 9.04. The summed E-state index contributed by atoms with van der Waals surface area (Å²) in [6, 6.07) is 8.71.